The van der Waals surface area contributed by atoms with E-state index in [0.29, 0.717) is 19.7 Å². The molecule has 3 heterocycles. The molecule has 0 aliphatic carbocycles. The summed E-state index contributed by atoms with van der Waals surface area (Å²) in [7, 11) is 3.49. The maximum Gasteiger partial charge on any atom is 0.345 e. The van der Waals surface area contributed by atoms with Crippen molar-refractivity contribution in [2.45, 2.75) is 45.6 Å². The van der Waals surface area contributed by atoms with Crippen molar-refractivity contribution in [2.75, 3.05) is 20.2 Å². The first-order valence-corrected chi connectivity index (χ1v) is 10.9. The van der Waals surface area contributed by atoms with Crippen LogP contribution >= 0.6 is 0 Å². The number of esters is 1. The van der Waals surface area contributed by atoms with Crippen molar-refractivity contribution >= 4 is 18.3 Å². The number of rotatable bonds is 7. The lowest BCUT2D eigenvalue weighted by Gasteiger charge is -2.22. The SMILES string of the molecule is CN=CNOCC(=O)OC(C)(C)C.Cn1ncc2c1CN1CC2N(OCc2ccccc2)C1=O. The molecule has 1 aromatic heterocycles. The topological polar surface area (TPSA) is 111 Å². The number of hydrogen-bond acceptors (Lipinski definition) is 7. The normalized spacial score (nSPS) is 16.9. The van der Waals surface area contributed by atoms with Gasteiger partial charge in [-0.3, -0.25) is 24.8 Å². The van der Waals surface area contributed by atoms with E-state index in [1.165, 1.54) is 11.4 Å². The molecule has 2 aliphatic heterocycles. The summed E-state index contributed by atoms with van der Waals surface area (Å²) in [5, 5.41) is 5.79. The molecule has 0 spiro atoms. The Morgan fingerprint density at radius 1 is 1.29 bits per heavy atom. The van der Waals surface area contributed by atoms with Gasteiger partial charge >= 0.3 is 12.0 Å². The molecule has 1 N–H and O–H groups in total. The van der Waals surface area contributed by atoms with Crippen molar-refractivity contribution in [1.82, 2.24) is 25.2 Å². The van der Waals surface area contributed by atoms with E-state index in [4.69, 9.17) is 14.4 Å². The fourth-order valence-electron chi connectivity index (χ4n) is 3.55. The molecule has 1 unspecified atom stereocenters. The summed E-state index contributed by atoms with van der Waals surface area (Å²) in [4.78, 5) is 39.3. The number of aromatic nitrogens is 2. The minimum absolute atomic E-state index is 0.0568. The van der Waals surface area contributed by atoms with Crippen LogP contribution in [0.5, 0.6) is 0 Å². The molecule has 4 rings (SSSR count). The molecular formula is C23H32N6O5. The fourth-order valence-corrected chi connectivity index (χ4v) is 3.55. The molecule has 2 aromatic rings. The number of nitrogens with one attached hydrogen (secondary N) is 1. The number of carbonyl (C=O) groups excluding carboxylic acids is 2. The van der Waals surface area contributed by atoms with Gasteiger partial charge in [0.05, 0.1) is 25.0 Å². The largest absolute Gasteiger partial charge is 0.458 e. The standard InChI is InChI=1S/C15H16N4O2.C8H16N2O3/c1-17-13-8-18-9-14(12(13)7-16-17)19(15(18)20)21-10-11-5-3-2-4-6-11;1-8(2,3)13-7(11)5-12-10-6-9-4/h2-7,14H,8-10H2,1H3;6H,5H2,1-4H3,(H,9,10). The lowest BCUT2D eigenvalue weighted by atomic mass is 10.1. The summed E-state index contributed by atoms with van der Waals surface area (Å²) in [5.74, 6) is -0.412. The van der Waals surface area contributed by atoms with E-state index in [1.54, 1.807) is 32.7 Å². The molecule has 1 fully saturated rings. The summed E-state index contributed by atoms with van der Waals surface area (Å²) in [6.45, 7) is 6.93. The molecular weight excluding hydrogens is 440 g/mol. The summed E-state index contributed by atoms with van der Waals surface area (Å²) >= 11 is 0. The van der Waals surface area contributed by atoms with Crippen LogP contribution in [0.1, 0.15) is 43.6 Å². The smallest absolute Gasteiger partial charge is 0.345 e. The second-order valence-corrected chi connectivity index (χ2v) is 8.81. The second kappa shape index (κ2) is 11.1. The number of hydroxylamine groups is 3. The Morgan fingerprint density at radius 3 is 2.71 bits per heavy atom. The quantitative estimate of drug-likeness (QED) is 0.217. The van der Waals surface area contributed by atoms with Crippen LogP contribution in [0.2, 0.25) is 0 Å². The Labute approximate surface area is 199 Å². The highest BCUT2D eigenvalue weighted by atomic mass is 16.7. The number of benzene rings is 1. The lowest BCUT2D eigenvalue weighted by molar-refractivity contribution is -0.161. The van der Waals surface area contributed by atoms with Crippen molar-refractivity contribution in [1.29, 1.82) is 0 Å². The third-order valence-corrected chi connectivity index (χ3v) is 5.02. The molecule has 11 nitrogen and oxygen atoms in total. The maximum absolute atomic E-state index is 12.4. The number of nitrogens with zero attached hydrogens (tertiary/aromatic N) is 5. The van der Waals surface area contributed by atoms with Crippen molar-refractivity contribution in [3.63, 3.8) is 0 Å². The van der Waals surface area contributed by atoms with Gasteiger partial charge in [0, 0.05) is 19.7 Å². The molecule has 11 heteroatoms. The maximum atomic E-state index is 12.4. The molecule has 0 radical (unpaired) electrons. The van der Waals surface area contributed by atoms with Crippen LogP contribution in [0.25, 0.3) is 0 Å². The Bertz CT molecular complexity index is 1000. The number of aliphatic imine (C=N–C) groups is 1. The van der Waals surface area contributed by atoms with E-state index in [0.717, 1.165) is 16.8 Å². The van der Waals surface area contributed by atoms with Gasteiger partial charge in [0.2, 0.25) is 0 Å². The van der Waals surface area contributed by atoms with E-state index in [-0.39, 0.29) is 18.7 Å². The van der Waals surface area contributed by atoms with Crippen LogP contribution in [0.15, 0.2) is 41.5 Å². The average Bonchev–Trinajstić information content (AvgIpc) is 3.28. The van der Waals surface area contributed by atoms with Crippen LogP contribution < -0.4 is 5.48 Å². The van der Waals surface area contributed by atoms with E-state index in [9.17, 15) is 9.59 Å². The number of ether oxygens (including phenoxy) is 1. The number of fused-ring (bicyclic) bond motifs is 4. The highest BCUT2D eigenvalue weighted by Gasteiger charge is 2.45. The molecule has 0 saturated carbocycles. The molecule has 34 heavy (non-hydrogen) atoms. The highest BCUT2D eigenvalue weighted by Crippen LogP contribution is 2.37. The molecule has 184 valence electrons. The van der Waals surface area contributed by atoms with Gasteiger partial charge in [-0.15, -0.1) is 0 Å². The van der Waals surface area contributed by atoms with Crippen LogP contribution in [0.3, 0.4) is 0 Å². The Hall–Kier alpha value is -3.44. The first-order valence-electron chi connectivity index (χ1n) is 10.9. The zero-order chi connectivity index (χ0) is 24.7. The Balaban J connectivity index is 0.000000218. The van der Waals surface area contributed by atoms with E-state index in [1.807, 2.05) is 48.3 Å². The van der Waals surface area contributed by atoms with Crippen molar-refractivity contribution in [3.05, 3.63) is 53.3 Å². The van der Waals surface area contributed by atoms with E-state index in [2.05, 4.69) is 15.6 Å². The minimum atomic E-state index is -0.473. The van der Waals surface area contributed by atoms with Crippen LogP contribution in [0.4, 0.5) is 4.79 Å². The molecule has 2 bridgehead atoms. The Kier molecular flexibility index (Phi) is 8.24. The van der Waals surface area contributed by atoms with Gasteiger partial charge in [-0.2, -0.15) is 10.2 Å². The van der Waals surface area contributed by atoms with E-state index >= 15 is 0 Å². The van der Waals surface area contributed by atoms with Gasteiger partial charge in [0.1, 0.15) is 24.6 Å². The van der Waals surface area contributed by atoms with Gasteiger partial charge in [-0.05, 0) is 26.3 Å². The first-order chi connectivity index (χ1) is 16.2. The number of aryl methyl sites for hydroxylation is 1. The predicted octanol–water partition coefficient (Wildman–Crippen LogP) is 2.35. The highest BCUT2D eigenvalue weighted by molar-refractivity contribution is 5.77. The van der Waals surface area contributed by atoms with Gasteiger partial charge in [0.25, 0.3) is 0 Å². The third-order valence-electron chi connectivity index (χ3n) is 5.02. The van der Waals surface area contributed by atoms with E-state index < -0.39 is 11.6 Å². The minimum Gasteiger partial charge on any atom is -0.458 e. The fraction of sp³-hybridized carbons (Fsp3) is 0.478. The molecule has 1 atom stereocenters. The Morgan fingerprint density at radius 2 is 2.03 bits per heavy atom. The number of urea groups is 1. The first kappa shape index (κ1) is 25.2. The predicted molar refractivity (Wildman–Crippen MR) is 124 cm³/mol. The zero-order valence-corrected chi connectivity index (χ0v) is 20.2. The van der Waals surface area contributed by atoms with Gasteiger partial charge in [0.15, 0.2) is 6.61 Å². The van der Waals surface area contributed by atoms with Crippen LogP contribution in [0, 0.1) is 0 Å². The average molecular weight is 473 g/mol. The number of carbonyl (C=O) groups is 2. The zero-order valence-electron chi connectivity index (χ0n) is 20.2. The van der Waals surface area contributed by atoms with Crippen LogP contribution in [-0.4, -0.2) is 63.9 Å². The summed E-state index contributed by atoms with van der Waals surface area (Å²) in [6.07, 6.45) is 3.18. The third kappa shape index (κ3) is 6.55. The number of hydrogen-bond donors (Lipinski definition) is 1. The summed E-state index contributed by atoms with van der Waals surface area (Å²) in [5.41, 5.74) is 5.11. The lowest BCUT2D eigenvalue weighted by Crippen LogP contribution is -2.30. The van der Waals surface area contributed by atoms with Gasteiger partial charge in [-0.1, -0.05) is 30.3 Å². The summed E-state index contributed by atoms with van der Waals surface area (Å²) in [6, 6.07) is 9.75. The molecule has 2 amide bonds. The van der Waals surface area contributed by atoms with Crippen LogP contribution in [-0.2, 0) is 39.4 Å². The van der Waals surface area contributed by atoms with Crippen molar-refractivity contribution < 1.29 is 24.0 Å². The van der Waals surface area contributed by atoms with Gasteiger partial charge in [-0.25, -0.2) is 9.59 Å². The van der Waals surface area contributed by atoms with Crippen molar-refractivity contribution in [3.8, 4) is 0 Å². The monoisotopic (exact) mass is 472 g/mol. The second-order valence-electron chi connectivity index (χ2n) is 8.81. The molecule has 1 aromatic carbocycles. The molecule has 1 saturated heterocycles. The number of amides is 2. The van der Waals surface area contributed by atoms with Crippen molar-refractivity contribution in [2.24, 2.45) is 12.0 Å². The van der Waals surface area contributed by atoms with Gasteiger partial charge < -0.3 is 9.64 Å². The summed E-state index contributed by atoms with van der Waals surface area (Å²) < 4.78 is 6.81. The molecule has 2 aliphatic rings.